The minimum Gasteiger partial charge on any atom is -0.310 e. The number of fused-ring (bicyclic) bond motifs is 2. The molecular weight excluding hydrogens is 162 g/mol. The Kier molecular flexibility index (Phi) is 2.68. The van der Waals surface area contributed by atoms with Gasteiger partial charge in [0.2, 0.25) is 0 Å². The fraction of sp³-hybridized carbons (Fsp3) is 0.909. The molecule has 2 saturated heterocycles. The summed E-state index contributed by atoms with van der Waals surface area (Å²) in [6.07, 6.45) is 6.67. The van der Waals surface area contributed by atoms with Gasteiger partial charge < -0.3 is 5.32 Å². The van der Waals surface area contributed by atoms with Crippen molar-refractivity contribution < 1.29 is 4.79 Å². The van der Waals surface area contributed by atoms with Crippen molar-refractivity contribution in [3.63, 3.8) is 0 Å². The van der Waals surface area contributed by atoms with Crippen LogP contribution in [-0.4, -0.2) is 17.9 Å². The van der Waals surface area contributed by atoms with Gasteiger partial charge in [0.25, 0.3) is 0 Å². The fourth-order valence-electron chi connectivity index (χ4n) is 2.72. The molecular formula is C11H19NO. The van der Waals surface area contributed by atoms with Gasteiger partial charge in [0.05, 0.1) is 0 Å². The molecule has 2 aliphatic rings. The molecule has 2 nitrogen and oxygen atoms in total. The molecule has 0 aliphatic carbocycles. The number of carbonyl (C=O) groups is 1. The molecule has 2 heterocycles. The van der Waals surface area contributed by atoms with E-state index in [0.29, 0.717) is 23.8 Å². The standard InChI is InChI=1S/C11H19NO/c1-2-3-4-11(13)9-7-8-5-6-10(9)12-8/h8-10,12H,2-7H2,1H3. The number of Topliss-reactive ketones (excluding diaryl/α,β-unsaturated/α-hetero) is 1. The van der Waals surface area contributed by atoms with E-state index in [1.807, 2.05) is 0 Å². The molecule has 2 heteroatoms. The van der Waals surface area contributed by atoms with E-state index in [4.69, 9.17) is 0 Å². The number of unbranched alkanes of at least 4 members (excludes halogenated alkanes) is 1. The highest BCUT2D eigenvalue weighted by atomic mass is 16.1. The van der Waals surface area contributed by atoms with Crippen molar-refractivity contribution in [3.05, 3.63) is 0 Å². The van der Waals surface area contributed by atoms with Gasteiger partial charge >= 0.3 is 0 Å². The van der Waals surface area contributed by atoms with E-state index in [9.17, 15) is 4.79 Å². The molecule has 0 aromatic heterocycles. The van der Waals surface area contributed by atoms with E-state index in [2.05, 4.69) is 12.2 Å². The van der Waals surface area contributed by atoms with Gasteiger partial charge in [-0.15, -0.1) is 0 Å². The van der Waals surface area contributed by atoms with Gasteiger partial charge in [-0.05, 0) is 25.7 Å². The molecule has 2 fully saturated rings. The molecule has 0 saturated carbocycles. The largest absolute Gasteiger partial charge is 0.310 e. The highest BCUT2D eigenvalue weighted by Gasteiger charge is 2.41. The van der Waals surface area contributed by atoms with Crippen molar-refractivity contribution in [1.82, 2.24) is 5.32 Å². The maximum atomic E-state index is 11.8. The maximum absolute atomic E-state index is 11.8. The zero-order valence-electron chi connectivity index (χ0n) is 8.38. The van der Waals surface area contributed by atoms with Gasteiger partial charge in [0.1, 0.15) is 5.78 Å². The number of hydrogen-bond donors (Lipinski definition) is 1. The van der Waals surface area contributed by atoms with Gasteiger partial charge in [0, 0.05) is 24.4 Å². The first kappa shape index (κ1) is 9.20. The molecule has 13 heavy (non-hydrogen) atoms. The summed E-state index contributed by atoms with van der Waals surface area (Å²) in [6.45, 7) is 2.15. The Morgan fingerprint density at radius 3 is 2.85 bits per heavy atom. The molecule has 0 aromatic carbocycles. The number of hydrogen-bond acceptors (Lipinski definition) is 2. The quantitative estimate of drug-likeness (QED) is 0.717. The van der Waals surface area contributed by atoms with Crippen LogP contribution in [0.1, 0.15) is 45.4 Å². The third kappa shape index (κ3) is 1.78. The summed E-state index contributed by atoms with van der Waals surface area (Å²) in [5, 5.41) is 3.51. The Bertz CT molecular complexity index is 202. The van der Waals surface area contributed by atoms with Crippen LogP contribution in [0.2, 0.25) is 0 Å². The van der Waals surface area contributed by atoms with Crippen LogP contribution in [0.5, 0.6) is 0 Å². The zero-order valence-corrected chi connectivity index (χ0v) is 8.38. The molecule has 0 amide bonds. The smallest absolute Gasteiger partial charge is 0.137 e. The average molecular weight is 181 g/mol. The zero-order chi connectivity index (χ0) is 9.26. The number of carbonyl (C=O) groups excluding carboxylic acids is 1. The lowest BCUT2D eigenvalue weighted by atomic mass is 9.84. The van der Waals surface area contributed by atoms with Crippen LogP contribution < -0.4 is 5.32 Å². The van der Waals surface area contributed by atoms with Crippen LogP contribution in [0, 0.1) is 5.92 Å². The highest BCUT2D eigenvalue weighted by Crippen LogP contribution is 2.34. The third-order valence-corrected chi connectivity index (χ3v) is 3.49. The number of ketones is 1. The highest BCUT2D eigenvalue weighted by molar-refractivity contribution is 5.82. The van der Waals surface area contributed by atoms with Gasteiger partial charge in [-0.3, -0.25) is 4.79 Å². The SMILES string of the molecule is CCCCC(=O)C1CC2CCC1N2. The molecule has 0 aromatic rings. The first-order valence-corrected chi connectivity index (χ1v) is 5.60. The van der Waals surface area contributed by atoms with Crippen molar-refractivity contribution >= 4 is 5.78 Å². The molecule has 2 bridgehead atoms. The Morgan fingerprint density at radius 2 is 2.31 bits per heavy atom. The Morgan fingerprint density at radius 1 is 1.46 bits per heavy atom. The van der Waals surface area contributed by atoms with Crippen LogP contribution in [-0.2, 0) is 4.79 Å². The van der Waals surface area contributed by atoms with Crippen molar-refractivity contribution in [2.45, 2.75) is 57.5 Å². The van der Waals surface area contributed by atoms with E-state index in [0.717, 1.165) is 25.7 Å². The molecule has 0 radical (unpaired) electrons. The summed E-state index contributed by atoms with van der Waals surface area (Å²) in [5.41, 5.74) is 0. The van der Waals surface area contributed by atoms with E-state index in [1.165, 1.54) is 12.8 Å². The first-order chi connectivity index (χ1) is 6.31. The lowest BCUT2D eigenvalue weighted by Gasteiger charge is -2.18. The Balaban J connectivity index is 1.84. The third-order valence-electron chi connectivity index (χ3n) is 3.49. The van der Waals surface area contributed by atoms with Crippen LogP contribution in [0.25, 0.3) is 0 Å². The van der Waals surface area contributed by atoms with E-state index in [-0.39, 0.29) is 0 Å². The second-order valence-electron chi connectivity index (χ2n) is 4.46. The normalized spacial score (nSPS) is 36.8. The lowest BCUT2D eigenvalue weighted by molar-refractivity contribution is -0.123. The van der Waals surface area contributed by atoms with Crippen molar-refractivity contribution in [2.75, 3.05) is 0 Å². The van der Waals surface area contributed by atoms with Gasteiger partial charge in [-0.25, -0.2) is 0 Å². The van der Waals surface area contributed by atoms with Crippen molar-refractivity contribution in [1.29, 1.82) is 0 Å². The molecule has 0 spiro atoms. The minimum absolute atomic E-state index is 0.366. The van der Waals surface area contributed by atoms with E-state index < -0.39 is 0 Å². The van der Waals surface area contributed by atoms with Crippen LogP contribution >= 0.6 is 0 Å². The summed E-state index contributed by atoms with van der Waals surface area (Å²) < 4.78 is 0. The van der Waals surface area contributed by atoms with E-state index >= 15 is 0 Å². The van der Waals surface area contributed by atoms with Crippen LogP contribution in [0.15, 0.2) is 0 Å². The van der Waals surface area contributed by atoms with Crippen molar-refractivity contribution in [3.8, 4) is 0 Å². The second kappa shape index (κ2) is 3.79. The predicted octanol–water partition coefficient (Wildman–Crippen LogP) is 1.89. The number of rotatable bonds is 4. The molecule has 2 rings (SSSR count). The van der Waals surface area contributed by atoms with Gasteiger partial charge in [0.15, 0.2) is 0 Å². The van der Waals surface area contributed by atoms with Gasteiger partial charge in [-0.1, -0.05) is 13.3 Å². The van der Waals surface area contributed by atoms with E-state index in [1.54, 1.807) is 0 Å². The maximum Gasteiger partial charge on any atom is 0.137 e. The molecule has 3 unspecified atom stereocenters. The van der Waals surface area contributed by atoms with Crippen LogP contribution in [0.3, 0.4) is 0 Å². The molecule has 1 N–H and O–H groups in total. The first-order valence-electron chi connectivity index (χ1n) is 5.60. The molecule has 2 aliphatic heterocycles. The summed E-state index contributed by atoms with van der Waals surface area (Å²) in [5.74, 6) is 0.881. The number of nitrogens with one attached hydrogen (secondary N) is 1. The summed E-state index contributed by atoms with van der Waals surface area (Å²) in [6, 6.07) is 1.20. The Hall–Kier alpha value is -0.370. The average Bonchev–Trinajstić information content (AvgIpc) is 2.74. The summed E-state index contributed by atoms with van der Waals surface area (Å²) in [4.78, 5) is 11.8. The Labute approximate surface area is 80.1 Å². The summed E-state index contributed by atoms with van der Waals surface area (Å²) in [7, 11) is 0. The second-order valence-corrected chi connectivity index (χ2v) is 4.46. The molecule has 74 valence electrons. The topological polar surface area (TPSA) is 29.1 Å². The predicted molar refractivity (Wildman–Crippen MR) is 52.6 cm³/mol. The monoisotopic (exact) mass is 181 g/mol. The fourth-order valence-corrected chi connectivity index (χ4v) is 2.72. The van der Waals surface area contributed by atoms with Gasteiger partial charge in [-0.2, -0.15) is 0 Å². The van der Waals surface area contributed by atoms with Crippen molar-refractivity contribution in [2.24, 2.45) is 5.92 Å². The molecule has 3 atom stereocenters. The lowest BCUT2D eigenvalue weighted by Crippen LogP contribution is -2.28. The van der Waals surface area contributed by atoms with Crippen LogP contribution in [0.4, 0.5) is 0 Å². The summed E-state index contributed by atoms with van der Waals surface area (Å²) >= 11 is 0. The minimum atomic E-state index is 0.366.